The summed E-state index contributed by atoms with van der Waals surface area (Å²) in [5.41, 5.74) is 0.872. The third-order valence-corrected chi connectivity index (χ3v) is 5.29. The van der Waals surface area contributed by atoms with Crippen LogP contribution in [0.25, 0.3) is 0 Å². The summed E-state index contributed by atoms with van der Waals surface area (Å²) in [4.78, 5) is 12.5. The Morgan fingerprint density at radius 2 is 1.74 bits per heavy atom. The summed E-state index contributed by atoms with van der Waals surface area (Å²) in [5, 5.41) is 9.13. The summed E-state index contributed by atoms with van der Waals surface area (Å²) < 4.78 is -1.29. The molecule has 4 nitrogen and oxygen atoms in total. The average Bonchev–Trinajstić information content (AvgIpc) is 2.56. The highest BCUT2D eigenvalue weighted by Gasteiger charge is 2.35. The molecule has 0 saturated carbocycles. The molecule has 0 heterocycles. The van der Waals surface area contributed by atoms with E-state index in [0.717, 1.165) is 0 Å². The van der Waals surface area contributed by atoms with Crippen molar-refractivity contribution in [3.05, 3.63) is 62.5 Å². The molecule has 0 aliphatic carbocycles. The second-order valence-corrected chi connectivity index (χ2v) is 9.63. The molecule has 144 valence electrons. The minimum Gasteiger partial charge on any atom is -0.339 e. The number of halogens is 6. The molecule has 2 rings (SSSR count). The van der Waals surface area contributed by atoms with Gasteiger partial charge in [-0.05, 0) is 58.5 Å². The molecule has 0 fully saturated rings. The van der Waals surface area contributed by atoms with E-state index in [1.54, 1.807) is 42.5 Å². The van der Waals surface area contributed by atoms with E-state index >= 15 is 0 Å². The fourth-order valence-corrected chi connectivity index (χ4v) is 3.41. The Kier molecular flexibility index (Phi) is 8.31. The molecule has 0 radical (unpaired) electrons. The molecule has 0 aliphatic heterocycles. The fraction of sp³-hybridized carbons (Fsp3) is 0.125. The highest BCUT2D eigenvalue weighted by atomic mass is 79.9. The van der Waals surface area contributed by atoms with Crippen LogP contribution in [0.1, 0.15) is 10.4 Å². The number of carbonyl (C=O) groups is 1. The van der Waals surface area contributed by atoms with E-state index in [1.807, 2.05) is 0 Å². The summed E-state index contributed by atoms with van der Waals surface area (Å²) in [6.07, 6.45) is -1.12. The van der Waals surface area contributed by atoms with Gasteiger partial charge in [0.25, 0.3) is 5.91 Å². The molecule has 1 amide bonds. The maximum Gasteiger partial charge on any atom is 0.254 e. The highest BCUT2D eigenvalue weighted by molar-refractivity contribution is 9.10. The van der Waals surface area contributed by atoms with Gasteiger partial charge in [0, 0.05) is 9.50 Å². The van der Waals surface area contributed by atoms with Crippen molar-refractivity contribution in [1.29, 1.82) is 0 Å². The quantitative estimate of drug-likeness (QED) is 0.242. The number of benzene rings is 2. The maximum absolute atomic E-state index is 12.5. The Bertz CT molecular complexity index is 862. The second kappa shape index (κ2) is 9.83. The molecule has 0 spiro atoms. The van der Waals surface area contributed by atoms with Crippen molar-refractivity contribution in [1.82, 2.24) is 10.6 Å². The lowest BCUT2D eigenvalue weighted by Gasteiger charge is -2.28. The van der Waals surface area contributed by atoms with Crippen molar-refractivity contribution in [2.24, 2.45) is 0 Å². The Balaban J connectivity index is 2.11. The van der Waals surface area contributed by atoms with Crippen molar-refractivity contribution < 1.29 is 4.79 Å². The molecular formula is C16H11BrCl5N3OS. The van der Waals surface area contributed by atoms with Gasteiger partial charge in [-0.3, -0.25) is 4.79 Å². The molecule has 3 N–H and O–H groups in total. The van der Waals surface area contributed by atoms with E-state index in [2.05, 4.69) is 31.9 Å². The maximum atomic E-state index is 12.5. The first-order valence-corrected chi connectivity index (χ1v) is 10.3. The minimum atomic E-state index is -1.88. The van der Waals surface area contributed by atoms with Gasteiger partial charge < -0.3 is 16.0 Å². The standard InChI is InChI=1S/C16H11BrCl5N3OS/c17-10-4-2-1-3-9(10)13(26)24-14(16(20,21)22)25-15(27)23-12-6-5-8(18)7-11(12)19/h1-7,14H,(H,24,26)(H2,23,25,27)/t14-/m1/s1. The van der Waals surface area contributed by atoms with Crippen molar-refractivity contribution in [3.8, 4) is 0 Å². The van der Waals surface area contributed by atoms with Crippen LogP contribution in [0, 0.1) is 0 Å². The van der Waals surface area contributed by atoms with Gasteiger partial charge in [0.2, 0.25) is 3.79 Å². The molecule has 2 aromatic carbocycles. The van der Waals surface area contributed by atoms with Crippen molar-refractivity contribution in [3.63, 3.8) is 0 Å². The molecular weight excluding hydrogens is 539 g/mol. The lowest BCUT2D eigenvalue weighted by molar-refractivity contribution is 0.0934. The van der Waals surface area contributed by atoms with E-state index in [0.29, 0.717) is 25.8 Å². The van der Waals surface area contributed by atoms with Gasteiger partial charge in [-0.2, -0.15) is 0 Å². The van der Waals surface area contributed by atoms with Gasteiger partial charge in [-0.1, -0.05) is 70.1 Å². The molecule has 0 saturated heterocycles. The predicted molar refractivity (Wildman–Crippen MR) is 122 cm³/mol. The first-order chi connectivity index (χ1) is 12.6. The van der Waals surface area contributed by atoms with Gasteiger partial charge in [0.1, 0.15) is 6.17 Å². The number of hydrogen-bond acceptors (Lipinski definition) is 2. The molecule has 1 atom stereocenters. The third kappa shape index (κ3) is 6.82. The third-order valence-electron chi connectivity index (χ3n) is 3.18. The number of hydrogen-bond donors (Lipinski definition) is 3. The Morgan fingerprint density at radius 1 is 1.07 bits per heavy atom. The van der Waals surface area contributed by atoms with E-state index < -0.39 is 15.9 Å². The minimum absolute atomic E-state index is 0.0861. The normalized spacial score (nSPS) is 12.2. The van der Waals surface area contributed by atoms with Crippen LogP contribution in [0.15, 0.2) is 46.9 Å². The summed E-state index contributed by atoms with van der Waals surface area (Å²) in [6, 6.07) is 11.7. The zero-order chi connectivity index (χ0) is 20.2. The summed E-state index contributed by atoms with van der Waals surface area (Å²) in [6.45, 7) is 0. The number of amides is 1. The number of carbonyl (C=O) groups excluding carboxylic acids is 1. The number of rotatable bonds is 4. The van der Waals surface area contributed by atoms with Crippen LogP contribution in [0.4, 0.5) is 5.69 Å². The molecule has 0 aliphatic rings. The van der Waals surface area contributed by atoms with E-state index in [1.165, 1.54) is 0 Å². The second-order valence-electron chi connectivity index (χ2n) is 5.15. The molecule has 11 heteroatoms. The first kappa shape index (κ1) is 22.8. The Hall–Kier alpha value is -0.470. The van der Waals surface area contributed by atoms with Gasteiger partial charge in [0.15, 0.2) is 5.11 Å². The Labute approximate surface area is 195 Å². The van der Waals surface area contributed by atoms with E-state index in [-0.39, 0.29) is 5.11 Å². The summed E-state index contributed by atoms with van der Waals surface area (Å²) in [7, 11) is 0. The smallest absolute Gasteiger partial charge is 0.254 e. The zero-order valence-corrected chi connectivity index (χ0v) is 19.4. The number of thiocarbonyl (C=S) groups is 1. The largest absolute Gasteiger partial charge is 0.339 e. The fourth-order valence-electron chi connectivity index (χ4n) is 1.93. The van der Waals surface area contributed by atoms with Crippen LogP contribution in [-0.4, -0.2) is 21.0 Å². The zero-order valence-electron chi connectivity index (χ0n) is 13.2. The monoisotopic (exact) mass is 547 g/mol. The molecule has 2 aromatic rings. The number of anilines is 1. The van der Waals surface area contributed by atoms with Gasteiger partial charge in [-0.15, -0.1) is 0 Å². The molecule has 0 aromatic heterocycles. The van der Waals surface area contributed by atoms with Crippen molar-refractivity contribution in [2.75, 3.05) is 5.32 Å². The molecule has 27 heavy (non-hydrogen) atoms. The van der Waals surface area contributed by atoms with Crippen LogP contribution in [-0.2, 0) is 0 Å². The van der Waals surface area contributed by atoms with Crippen LogP contribution >= 0.6 is 86.2 Å². The van der Waals surface area contributed by atoms with Crippen LogP contribution < -0.4 is 16.0 Å². The lowest BCUT2D eigenvalue weighted by Crippen LogP contribution is -2.56. The van der Waals surface area contributed by atoms with Crippen molar-refractivity contribution >= 4 is 103 Å². The van der Waals surface area contributed by atoms with Gasteiger partial charge in [0.05, 0.1) is 16.3 Å². The summed E-state index contributed by atoms with van der Waals surface area (Å²) >= 11 is 38.4. The van der Waals surface area contributed by atoms with Crippen molar-refractivity contribution in [2.45, 2.75) is 9.96 Å². The number of nitrogens with one attached hydrogen (secondary N) is 3. The lowest BCUT2D eigenvalue weighted by atomic mass is 10.2. The van der Waals surface area contributed by atoms with Crippen LogP contribution in [0.2, 0.25) is 10.0 Å². The average molecular weight is 551 g/mol. The van der Waals surface area contributed by atoms with E-state index in [9.17, 15) is 4.79 Å². The number of alkyl halides is 3. The van der Waals surface area contributed by atoms with Gasteiger partial charge >= 0.3 is 0 Å². The SMILES string of the molecule is O=C(N[C@H](NC(=S)Nc1ccc(Cl)cc1Cl)C(Cl)(Cl)Cl)c1ccccc1Br. The van der Waals surface area contributed by atoms with Crippen LogP contribution in [0.3, 0.4) is 0 Å². The molecule has 0 unspecified atom stereocenters. The summed E-state index contributed by atoms with van der Waals surface area (Å²) in [5.74, 6) is -0.460. The van der Waals surface area contributed by atoms with E-state index in [4.69, 9.17) is 70.2 Å². The topological polar surface area (TPSA) is 53.2 Å². The van der Waals surface area contributed by atoms with Gasteiger partial charge in [-0.25, -0.2) is 0 Å². The Morgan fingerprint density at radius 3 is 2.33 bits per heavy atom. The first-order valence-electron chi connectivity index (χ1n) is 7.22. The highest BCUT2D eigenvalue weighted by Crippen LogP contribution is 2.30. The molecule has 0 bridgehead atoms. The predicted octanol–water partition coefficient (Wildman–Crippen LogP) is 6.17. The van der Waals surface area contributed by atoms with Crippen LogP contribution in [0.5, 0.6) is 0 Å².